The molecule has 1 aliphatic rings. The molecule has 1 atom stereocenters. The van der Waals surface area contributed by atoms with Crippen LogP contribution in [0.2, 0.25) is 5.02 Å². The predicted molar refractivity (Wildman–Crippen MR) is 103 cm³/mol. The summed E-state index contributed by atoms with van der Waals surface area (Å²) in [6.45, 7) is 3.63. The van der Waals surface area contributed by atoms with Crippen molar-refractivity contribution in [1.29, 1.82) is 0 Å². The Morgan fingerprint density at radius 3 is 2.67 bits per heavy atom. The van der Waals surface area contributed by atoms with Crippen LogP contribution in [0.3, 0.4) is 0 Å². The van der Waals surface area contributed by atoms with E-state index in [0.29, 0.717) is 43.3 Å². The Balaban J connectivity index is 2.02. The fraction of sp³-hybridized carbons (Fsp3) is 0.381. The number of carboxylic acids is 1. The summed E-state index contributed by atoms with van der Waals surface area (Å²) in [7, 11) is 0. The lowest BCUT2D eigenvalue weighted by atomic mass is 9.91. The number of likely N-dealkylation sites (tertiary alicyclic amines) is 1. The van der Waals surface area contributed by atoms with Crippen LogP contribution in [0.1, 0.15) is 36.9 Å². The van der Waals surface area contributed by atoms with Gasteiger partial charge in [0.15, 0.2) is 0 Å². The van der Waals surface area contributed by atoms with E-state index in [1.165, 1.54) is 12.1 Å². The standard InChI is InChI=1S/C21H23ClFNO3/c1-2-27-19-7-6-16(22)13-18(19)20(15-4-3-5-17(23)12-15)24-10-8-14(9-11-24)21(25)26/h3-7,12-14,20H,2,8-11H2,1H3,(H,25,26). The molecule has 0 radical (unpaired) electrons. The molecule has 4 nitrogen and oxygen atoms in total. The number of carboxylic acid groups (broad SMARTS) is 1. The van der Waals surface area contributed by atoms with Crippen LogP contribution in [0.25, 0.3) is 0 Å². The van der Waals surface area contributed by atoms with Crippen LogP contribution in [0.5, 0.6) is 5.75 Å². The Morgan fingerprint density at radius 1 is 1.30 bits per heavy atom. The number of halogens is 2. The first-order valence-electron chi connectivity index (χ1n) is 9.14. The largest absolute Gasteiger partial charge is 0.494 e. The van der Waals surface area contributed by atoms with Crippen LogP contribution in [-0.4, -0.2) is 35.7 Å². The zero-order chi connectivity index (χ0) is 19.4. The molecule has 1 fully saturated rings. The van der Waals surface area contributed by atoms with Crippen LogP contribution in [-0.2, 0) is 4.79 Å². The van der Waals surface area contributed by atoms with Gasteiger partial charge in [-0.1, -0.05) is 23.7 Å². The molecule has 27 heavy (non-hydrogen) atoms. The van der Waals surface area contributed by atoms with Crippen LogP contribution in [0.4, 0.5) is 4.39 Å². The van der Waals surface area contributed by atoms with Gasteiger partial charge in [0, 0.05) is 10.6 Å². The van der Waals surface area contributed by atoms with Gasteiger partial charge >= 0.3 is 5.97 Å². The van der Waals surface area contributed by atoms with Gasteiger partial charge in [-0.3, -0.25) is 9.69 Å². The third-order valence-electron chi connectivity index (χ3n) is 4.97. The van der Waals surface area contributed by atoms with Gasteiger partial charge in [-0.05, 0) is 68.8 Å². The molecule has 1 aliphatic heterocycles. The highest BCUT2D eigenvalue weighted by atomic mass is 35.5. The minimum Gasteiger partial charge on any atom is -0.494 e. The molecule has 0 bridgehead atoms. The van der Waals surface area contributed by atoms with E-state index in [-0.39, 0.29) is 17.8 Å². The molecular formula is C21H23ClFNO3. The first-order valence-corrected chi connectivity index (χ1v) is 9.52. The smallest absolute Gasteiger partial charge is 0.306 e. The summed E-state index contributed by atoms with van der Waals surface area (Å²) in [6.07, 6.45) is 1.12. The predicted octanol–water partition coefficient (Wildman–Crippen LogP) is 4.76. The molecule has 1 unspecified atom stereocenters. The second-order valence-corrected chi connectivity index (χ2v) is 7.16. The zero-order valence-corrected chi connectivity index (χ0v) is 16.0. The van der Waals surface area contributed by atoms with Gasteiger partial charge < -0.3 is 9.84 Å². The monoisotopic (exact) mass is 391 g/mol. The highest BCUT2D eigenvalue weighted by Crippen LogP contribution is 2.38. The summed E-state index contributed by atoms with van der Waals surface area (Å²) in [4.78, 5) is 13.5. The lowest BCUT2D eigenvalue weighted by Crippen LogP contribution is -2.39. The molecule has 6 heteroatoms. The number of nitrogens with zero attached hydrogens (tertiary/aromatic N) is 1. The van der Waals surface area contributed by atoms with Gasteiger partial charge in [0.05, 0.1) is 18.6 Å². The van der Waals surface area contributed by atoms with Crippen LogP contribution >= 0.6 is 11.6 Å². The molecule has 0 amide bonds. The highest BCUT2D eigenvalue weighted by molar-refractivity contribution is 6.30. The third-order valence-corrected chi connectivity index (χ3v) is 5.21. The second-order valence-electron chi connectivity index (χ2n) is 6.72. The van der Waals surface area contributed by atoms with Gasteiger partial charge in [0.1, 0.15) is 11.6 Å². The summed E-state index contributed by atoms with van der Waals surface area (Å²) in [5.74, 6) is -0.690. The Morgan fingerprint density at radius 2 is 2.04 bits per heavy atom. The summed E-state index contributed by atoms with van der Waals surface area (Å²) in [5.41, 5.74) is 1.66. The molecule has 1 heterocycles. The molecule has 144 valence electrons. The first-order chi connectivity index (χ1) is 13.0. The van der Waals surface area contributed by atoms with Gasteiger partial charge in [-0.2, -0.15) is 0 Å². The van der Waals surface area contributed by atoms with Crippen molar-refractivity contribution in [1.82, 2.24) is 4.90 Å². The summed E-state index contributed by atoms with van der Waals surface area (Å²) in [6, 6.07) is 11.7. The number of hydrogen-bond donors (Lipinski definition) is 1. The molecule has 1 N–H and O–H groups in total. The number of carbonyl (C=O) groups is 1. The fourth-order valence-electron chi connectivity index (χ4n) is 3.69. The van der Waals surface area contributed by atoms with Crippen molar-refractivity contribution < 1.29 is 19.0 Å². The average Bonchev–Trinajstić information content (AvgIpc) is 2.65. The minimum absolute atomic E-state index is 0.254. The molecule has 3 rings (SSSR count). The van der Waals surface area contributed by atoms with Gasteiger partial charge in [-0.25, -0.2) is 4.39 Å². The maximum absolute atomic E-state index is 14.0. The van der Waals surface area contributed by atoms with E-state index in [4.69, 9.17) is 16.3 Å². The fourth-order valence-corrected chi connectivity index (χ4v) is 3.87. The molecule has 0 aromatic heterocycles. The zero-order valence-electron chi connectivity index (χ0n) is 15.2. The van der Waals surface area contributed by atoms with Gasteiger partial charge in [-0.15, -0.1) is 0 Å². The van der Waals surface area contributed by atoms with Crippen molar-refractivity contribution in [2.75, 3.05) is 19.7 Å². The van der Waals surface area contributed by atoms with E-state index in [2.05, 4.69) is 4.90 Å². The van der Waals surface area contributed by atoms with Crippen molar-refractivity contribution in [3.8, 4) is 5.75 Å². The molecule has 0 saturated carbocycles. The molecule has 2 aromatic carbocycles. The van der Waals surface area contributed by atoms with Crippen molar-refractivity contribution in [3.05, 3.63) is 64.4 Å². The lowest BCUT2D eigenvalue weighted by molar-refractivity contribution is -0.143. The normalized spacial score (nSPS) is 16.9. The molecule has 1 saturated heterocycles. The Labute approximate surface area is 163 Å². The van der Waals surface area contributed by atoms with E-state index in [9.17, 15) is 14.3 Å². The van der Waals surface area contributed by atoms with Crippen LogP contribution < -0.4 is 4.74 Å². The highest BCUT2D eigenvalue weighted by Gasteiger charge is 2.32. The first kappa shape index (κ1) is 19.6. The van der Waals surface area contributed by atoms with Crippen molar-refractivity contribution >= 4 is 17.6 Å². The Bertz CT molecular complexity index is 806. The quantitative estimate of drug-likeness (QED) is 0.771. The van der Waals surface area contributed by atoms with Crippen molar-refractivity contribution in [2.45, 2.75) is 25.8 Å². The summed E-state index contributed by atoms with van der Waals surface area (Å²) in [5, 5.41) is 9.86. The van der Waals surface area contributed by atoms with E-state index in [1.807, 2.05) is 25.1 Å². The lowest BCUT2D eigenvalue weighted by Gasteiger charge is -2.37. The number of ether oxygens (including phenoxy) is 1. The van der Waals surface area contributed by atoms with Crippen molar-refractivity contribution in [3.63, 3.8) is 0 Å². The molecule has 2 aromatic rings. The molecule has 0 aliphatic carbocycles. The van der Waals surface area contributed by atoms with Crippen molar-refractivity contribution in [2.24, 2.45) is 5.92 Å². The third kappa shape index (κ3) is 4.60. The van der Waals surface area contributed by atoms with Crippen LogP contribution in [0, 0.1) is 11.7 Å². The molecule has 0 spiro atoms. The SMILES string of the molecule is CCOc1ccc(Cl)cc1C(c1cccc(F)c1)N1CCC(C(=O)O)CC1. The van der Waals surface area contributed by atoms with E-state index in [0.717, 1.165) is 11.1 Å². The number of rotatable bonds is 6. The number of benzene rings is 2. The van der Waals surface area contributed by atoms with Crippen LogP contribution in [0.15, 0.2) is 42.5 Å². The second kappa shape index (κ2) is 8.72. The Kier molecular flexibility index (Phi) is 6.34. The number of hydrogen-bond acceptors (Lipinski definition) is 3. The minimum atomic E-state index is -0.755. The number of aliphatic carboxylic acids is 1. The summed E-state index contributed by atoms with van der Waals surface area (Å²) < 4.78 is 19.8. The molecular weight excluding hydrogens is 369 g/mol. The topological polar surface area (TPSA) is 49.8 Å². The van der Waals surface area contributed by atoms with E-state index in [1.54, 1.807) is 12.1 Å². The van der Waals surface area contributed by atoms with E-state index < -0.39 is 5.97 Å². The van der Waals surface area contributed by atoms with E-state index >= 15 is 0 Å². The Hall–Kier alpha value is -2.11. The van der Waals surface area contributed by atoms with Gasteiger partial charge in [0.25, 0.3) is 0 Å². The maximum Gasteiger partial charge on any atom is 0.306 e. The summed E-state index contributed by atoms with van der Waals surface area (Å²) >= 11 is 6.26. The van der Waals surface area contributed by atoms with Gasteiger partial charge in [0.2, 0.25) is 0 Å². The average molecular weight is 392 g/mol. The number of piperidine rings is 1. The maximum atomic E-state index is 14.0.